The summed E-state index contributed by atoms with van der Waals surface area (Å²) in [4.78, 5) is 19.8. The Balaban J connectivity index is 1.56. The molecule has 0 aromatic heterocycles. The Hall–Kier alpha value is -1.75. The summed E-state index contributed by atoms with van der Waals surface area (Å²) in [6, 6.07) is 13.0. The Morgan fingerprint density at radius 3 is 2.55 bits per heavy atom. The van der Waals surface area contributed by atoms with Crippen molar-refractivity contribution in [3.8, 4) is 0 Å². The fraction of sp³-hybridized carbons (Fsp3) is 0.435. The summed E-state index contributed by atoms with van der Waals surface area (Å²) in [5, 5.41) is 0.954. The van der Waals surface area contributed by atoms with Crippen LogP contribution in [0.5, 0.6) is 0 Å². The van der Waals surface area contributed by atoms with Gasteiger partial charge in [-0.2, -0.15) is 0 Å². The predicted molar refractivity (Wildman–Crippen MR) is 122 cm³/mol. The van der Waals surface area contributed by atoms with Gasteiger partial charge < -0.3 is 9.80 Å². The molecule has 1 saturated heterocycles. The van der Waals surface area contributed by atoms with Crippen molar-refractivity contribution in [1.29, 1.82) is 0 Å². The molecule has 2 aromatic carbocycles. The number of fused-ring (bicyclic) bond motifs is 1. The van der Waals surface area contributed by atoms with Crippen molar-refractivity contribution in [2.75, 3.05) is 36.5 Å². The van der Waals surface area contributed by atoms with Crippen LogP contribution in [0.15, 0.2) is 36.4 Å². The molecule has 4 rings (SSSR count). The average molecular weight is 432 g/mol. The van der Waals surface area contributed by atoms with E-state index >= 15 is 0 Å². The Morgan fingerprint density at radius 1 is 1.10 bits per heavy atom. The minimum Gasteiger partial charge on any atom is -0.368 e. The molecule has 1 amide bonds. The fourth-order valence-corrected chi connectivity index (χ4v) is 4.77. The van der Waals surface area contributed by atoms with Crippen LogP contribution in [0.3, 0.4) is 0 Å². The van der Waals surface area contributed by atoms with Crippen LogP contribution in [0.4, 0.5) is 11.4 Å². The molecule has 0 spiro atoms. The lowest BCUT2D eigenvalue weighted by atomic mass is 10.1. The van der Waals surface area contributed by atoms with E-state index in [4.69, 9.17) is 23.2 Å². The van der Waals surface area contributed by atoms with Gasteiger partial charge in [-0.3, -0.25) is 9.69 Å². The molecule has 154 valence electrons. The third-order valence-corrected chi connectivity index (χ3v) is 7.22. The van der Waals surface area contributed by atoms with E-state index in [-0.39, 0.29) is 12.3 Å². The quantitative estimate of drug-likeness (QED) is 0.706. The summed E-state index contributed by atoms with van der Waals surface area (Å²) < 4.78 is 0. The van der Waals surface area contributed by atoms with Crippen LogP contribution in [0.2, 0.25) is 10.0 Å². The minimum absolute atomic E-state index is 0.0604. The van der Waals surface area contributed by atoms with Crippen LogP contribution in [-0.4, -0.2) is 49.6 Å². The van der Waals surface area contributed by atoms with E-state index < -0.39 is 0 Å². The zero-order valence-electron chi connectivity index (χ0n) is 17.2. The lowest BCUT2D eigenvalue weighted by Crippen LogP contribution is -2.55. The van der Waals surface area contributed by atoms with E-state index in [2.05, 4.69) is 48.9 Å². The molecule has 2 aliphatic heterocycles. The van der Waals surface area contributed by atoms with Crippen molar-refractivity contribution in [2.24, 2.45) is 0 Å². The number of piperazine rings is 1. The second-order valence-corrected chi connectivity index (χ2v) is 9.05. The number of nitrogens with zero attached hydrogens (tertiary/aromatic N) is 3. The maximum atomic E-state index is 13.1. The van der Waals surface area contributed by atoms with Gasteiger partial charge in [-0.1, -0.05) is 41.4 Å². The second kappa shape index (κ2) is 8.17. The highest BCUT2D eigenvalue weighted by molar-refractivity contribution is 6.42. The van der Waals surface area contributed by atoms with Crippen LogP contribution in [0.25, 0.3) is 0 Å². The van der Waals surface area contributed by atoms with E-state index in [0.717, 1.165) is 30.8 Å². The predicted octanol–water partition coefficient (Wildman–Crippen LogP) is 4.65. The van der Waals surface area contributed by atoms with Gasteiger partial charge >= 0.3 is 0 Å². The van der Waals surface area contributed by atoms with Gasteiger partial charge in [0.15, 0.2) is 0 Å². The number of halogens is 2. The van der Waals surface area contributed by atoms with Crippen LogP contribution in [0, 0.1) is 0 Å². The van der Waals surface area contributed by atoms with Crippen LogP contribution < -0.4 is 9.80 Å². The molecule has 0 saturated carbocycles. The highest BCUT2D eigenvalue weighted by Crippen LogP contribution is 2.34. The van der Waals surface area contributed by atoms with Crippen LogP contribution in [0.1, 0.15) is 25.0 Å². The smallest absolute Gasteiger partial charge is 0.231 e. The van der Waals surface area contributed by atoms with Gasteiger partial charge in [0.25, 0.3) is 0 Å². The lowest BCUT2D eigenvalue weighted by molar-refractivity contribution is -0.117. The molecule has 0 radical (unpaired) electrons. The number of rotatable bonds is 3. The van der Waals surface area contributed by atoms with Crippen molar-refractivity contribution in [1.82, 2.24) is 4.90 Å². The van der Waals surface area contributed by atoms with Crippen LogP contribution >= 0.6 is 23.2 Å². The first-order valence-corrected chi connectivity index (χ1v) is 10.9. The van der Waals surface area contributed by atoms with Gasteiger partial charge in [-0.05, 0) is 56.6 Å². The SMILES string of the molecule is CC1CN(c2ccc3c(c2)N(C(=O)Cc2cccc(Cl)c2Cl)CC3)CC(C)N1C. The van der Waals surface area contributed by atoms with Gasteiger partial charge in [0, 0.05) is 43.1 Å². The number of benzene rings is 2. The molecular formula is C23H27Cl2N3O. The van der Waals surface area contributed by atoms with E-state index in [1.807, 2.05) is 17.0 Å². The molecule has 0 N–H and O–H groups in total. The summed E-state index contributed by atoms with van der Waals surface area (Å²) >= 11 is 12.4. The number of anilines is 2. The van der Waals surface area contributed by atoms with Crippen molar-refractivity contribution >= 4 is 40.5 Å². The Bertz CT molecular complexity index is 920. The molecule has 2 atom stereocenters. The topological polar surface area (TPSA) is 26.8 Å². The van der Waals surface area contributed by atoms with Gasteiger partial charge in [-0.25, -0.2) is 0 Å². The van der Waals surface area contributed by atoms with Gasteiger partial charge in [0.05, 0.1) is 16.5 Å². The molecule has 1 fully saturated rings. The third kappa shape index (κ3) is 3.98. The van der Waals surface area contributed by atoms with Gasteiger partial charge in [0.1, 0.15) is 0 Å². The van der Waals surface area contributed by atoms with Gasteiger partial charge in [-0.15, -0.1) is 0 Å². The molecular weight excluding hydrogens is 405 g/mol. The number of carbonyl (C=O) groups excluding carboxylic acids is 1. The van der Waals surface area contributed by atoms with E-state index in [9.17, 15) is 4.79 Å². The molecule has 6 heteroatoms. The number of carbonyl (C=O) groups is 1. The first kappa shape index (κ1) is 20.5. The summed E-state index contributed by atoms with van der Waals surface area (Å²) in [6.07, 6.45) is 1.14. The molecule has 2 aromatic rings. The molecule has 4 nitrogen and oxygen atoms in total. The van der Waals surface area contributed by atoms with Crippen molar-refractivity contribution in [3.05, 3.63) is 57.6 Å². The maximum absolute atomic E-state index is 13.1. The Kier molecular flexibility index (Phi) is 5.78. The molecule has 2 aliphatic rings. The first-order valence-electron chi connectivity index (χ1n) is 10.2. The maximum Gasteiger partial charge on any atom is 0.231 e. The molecule has 2 unspecified atom stereocenters. The monoisotopic (exact) mass is 431 g/mol. The second-order valence-electron chi connectivity index (χ2n) is 8.27. The Labute approximate surface area is 183 Å². The minimum atomic E-state index is 0.0604. The Morgan fingerprint density at radius 2 is 1.83 bits per heavy atom. The van der Waals surface area contributed by atoms with Crippen molar-refractivity contribution in [2.45, 2.75) is 38.8 Å². The largest absolute Gasteiger partial charge is 0.368 e. The number of hydrogen-bond donors (Lipinski definition) is 0. The highest BCUT2D eigenvalue weighted by atomic mass is 35.5. The number of amides is 1. The summed E-state index contributed by atoms with van der Waals surface area (Å²) in [6.45, 7) is 7.23. The van der Waals surface area contributed by atoms with E-state index in [0.29, 0.717) is 28.7 Å². The summed E-state index contributed by atoms with van der Waals surface area (Å²) in [5.74, 6) is 0.0604. The van der Waals surface area contributed by atoms with Crippen molar-refractivity contribution < 1.29 is 4.79 Å². The molecule has 0 bridgehead atoms. The normalized spacial score (nSPS) is 22.1. The molecule has 29 heavy (non-hydrogen) atoms. The highest BCUT2D eigenvalue weighted by Gasteiger charge is 2.29. The van der Waals surface area contributed by atoms with Crippen LogP contribution in [-0.2, 0) is 17.6 Å². The summed E-state index contributed by atoms with van der Waals surface area (Å²) in [5.41, 5.74) is 4.23. The van der Waals surface area contributed by atoms with E-state index in [1.165, 1.54) is 11.3 Å². The molecule has 0 aliphatic carbocycles. The summed E-state index contributed by atoms with van der Waals surface area (Å²) in [7, 11) is 2.19. The van der Waals surface area contributed by atoms with Gasteiger partial charge in [0.2, 0.25) is 5.91 Å². The van der Waals surface area contributed by atoms with Crippen molar-refractivity contribution in [3.63, 3.8) is 0 Å². The fourth-order valence-electron chi connectivity index (χ4n) is 4.38. The number of hydrogen-bond acceptors (Lipinski definition) is 3. The zero-order chi connectivity index (χ0) is 20.7. The van der Waals surface area contributed by atoms with E-state index in [1.54, 1.807) is 6.07 Å². The third-order valence-electron chi connectivity index (χ3n) is 6.36. The number of likely N-dealkylation sites (N-methyl/N-ethyl adjacent to an activating group) is 1. The standard InChI is InChI=1S/C23H27Cl2N3O/c1-15-13-27(14-16(2)26(15)3)19-8-7-17-9-10-28(21(17)12-19)22(29)11-18-5-4-6-20(24)23(18)25/h4-8,12,15-16H,9-11,13-14H2,1-3H3. The average Bonchev–Trinajstić information content (AvgIpc) is 3.12. The zero-order valence-corrected chi connectivity index (χ0v) is 18.7. The lowest BCUT2D eigenvalue weighted by Gasteiger charge is -2.43. The first-order chi connectivity index (χ1) is 13.8. The molecule has 2 heterocycles.